The zero-order valence-corrected chi connectivity index (χ0v) is 16.8. The molecule has 0 saturated carbocycles. The number of quaternary nitrogens is 1. The van der Waals surface area contributed by atoms with Crippen molar-refractivity contribution in [2.45, 2.75) is 19.3 Å². The van der Waals surface area contributed by atoms with E-state index in [0.29, 0.717) is 18.2 Å². The molecule has 150 valence electrons. The molecule has 0 spiro atoms. The van der Waals surface area contributed by atoms with E-state index in [1.807, 2.05) is 25.2 Å². The van der Waals surface area contributed by atoms with Crippen LogP contribution in [0.1, 0.15) is 24.8 Å². The number of benzene rings is 2. The first-order valence-corrected chi connectivity index (χ1v) is 9.58. The number of hydrogen-bond donors (Lipinski definition) is 3. The Bertz CT molecular complexity index is 747. The Kier molecular flexibility index (Phi) is 8.49. The molecule has 1 unspecified atom stereocenters. The van der Waals surface area contributed by atoms with Crippen molar-refractivity contribution in [3.63, 3.8) is 0 Å². The number of amides is 2. The molecule has 3 N–H and O–H groups in total. The Balaban J connectivity index is 1.74. The fourth-order valence-corrected chi connectivity index (χ4v) is 3.01. The number of rotatable bonds is 10. The number of nitrogens with one attached hydrogen (secondary N) is 3. The van der Waals surface area contributed by atoms with Crippen molar-refractivity contribution in [2.24, 2.45) is 0 Å². The van der Waals surface area contributed by atoms with Gasteiger partial charge in [-0.05, 0) is 36.2 Å². The van der Waals surface area contributed by atoms with E-state index in [0.717, 1.165) is 17.1 Å². The number of methoxy groups -OCH3 is 1. The fraction of sp³-hybridized carbons (Fsp3) is 0.364. The van der Waals surface area contributed by atoms with Gasteiger partial charge in [0.15, 0.2) is 13.1 Å². The summed E-state index contributed by atoms with van der Waals surface area (Å²) < 4.78 is 5.10. The summed E-state index contributed by atoms with van der Waals surface area (Å²) in [7, 11) is 3.43. The van der Waals surface area contributed by atoms with Crippen molar-refractivity contribution < 1.29 is 19.2 Å². The molecular formula is C22H30N3O3+. The molecule has 0 aromatic heterocycles. The van der Waals surface area contributed by atoms with Crippen molar-refractivity contribution in [1.29, 1.82) is 0 Å². The summed E-state index contributed by atoms with van der Waals surface area (Å²) in [4.78, 5) is 25.2. The maximum absolute atomic E-state index is 12.2. The molecule has 6 nitrogen and oxygen atoms in total. The standard InChI is InChI=1S/C22H29N3O3/c1-4-17(18-8-6-5-7-9-18)14-23-21(26)15-25(2)16-22(27)24-19-10-12-20(28-3)13-11-19/h5-13,17H,4,14-16H2,1-3H3,(H,23,26)(H,24,27)/p+1/t17-/m0/s1. The zero-order chi connectivity index (χ0) is 20.4. The molecule has 0 aliphatic carbocycles. The molecule has 6 heteroatoms. The van der Waals surface area contributed by atoms with Crippen LogP contribution in [0.2, 0.25) is 0 Å². The van der Waals surface area contributed by atoms with E-state index in [1.54, 1.807) is 31.4 Å². The summed E-state index contributed by atoms with van der Waals surface area (Å²) in [6.07, 6.45) is 0.956. The van der Waals surface area contributed by atoms with Crippen LogP contribution in [0.5, 0.6) is 5.75 Å². The Hall–Kier alpha value is -2.86. The second kappa shape index (κ2) is 11.1. The van der Waals surface area contributed by atoms with Crippen molar-refractivity contribution >= 4 is 17.5 Å². The molecule has 0 radical (unpaired) electrons. The number of hydrogen-bond acceptors (Lipinski definition) is 3. The third-order valence-corrected chi connectivity index (χ3v) is 4.61. The molecule has 0 bridgehead atoms. The van der Waals surface area contributed by atoms with Gasteiger partial charge in [-0.25, -0.2) is 0 Å². The molecule has 0 aliphatic rings. The van der Waals surface area contributed by atoms with E-state index in [9.17, 15) is 9.59 Å². The van der Waals surface area contributed by atoms with Crippen LogP contribution in [0, 0.1) is 0 Å². The van der Waals surface area contributed by atoms with Crippen LogP contribution in [-0.4, -0.2) is 45.6 Å². The minimum absolute atomic E-state index is 0.0517. The van der Waals surface area contributed by atoms with Crippen LogP contribution in [0.4, 0.5) is 5.69 Å². The average Bonchev–Trinajstić information content (AvgIpc) is 2.69. The van der Waals surface area contributed by atoms with Gasteiger partial charge in [0.25, 0.3) is 11.8 Å². The first kappa shape index (κ1) is 21.4. The van der Waals surface area contributed by atoms with Gasteiger partial charge in [0.05, 0.1) is 14.2 Å². The molecule has 0 saturated heterocycles. The van der Waals surface area contributed by atoms with Crippen LogP contribution in [0.3, 0.4) is 0 Å². The molecule has 2 amide bonds. The highest BCUT2D eigenvalue weighted by Gasteiger charge is 2.16. The number of carbonyl (C=O) groups is 2. The second-order valence-corrected chi connectivity index (χ2v) is 6.91. The molecule has 0 aliphatic heterocycles. The van der Waals surface area contributed by atoms with Gasteiger partial charge in [0.2, 0.25) is 0 Å². The summed E-state index contributed by atoms with van der Waals surface area (Å²) in [6, 6.07) is 17.3. The molecule has 0 heterocycles. The number of ether oxygens (including phenoxy) is 1. The SMILES string of the molecule is CC[C@@H](CNC(=O)C[NH+](C)CC(=O)Nc1ccc(OC)cc1)c1ccccc1. The predicted octanol–water partition coefficient (Wildman–Crippen LogP) is 1.46. The van der Waals surface area contributed by atoms with E-state index < -0.39 is 0 Å². The lowest BCUT2D eigenvalue weighted by Crippen LogP contribution is -3.11. The van der Waals surface area contributed by atoms with Gasteiger partial charge in [-0.3, -0.25) is 9.59 Å². The van der Waals surface area contributed by atoms with Gasteiger partial charge >= 0.3 is 0 Å². The van der Waals surface area contributed by atoms with Gasteiger partial charge in [0, 0.05) is 18.2 Å². The first-order chi connectivity index (χ1) is 13.5. The molecule has 2 rings (SSSR count). The van der Waals surface area contributed by atoms with Gasteiger partial charge in [-0.1, -0.05) is 37.3 Å². The van der Waals surface area contributed by atoms with E-state index in [1.165, 1.54) is 5.56 Å². The van der Waals surface area contributed by atoms with E-state index >= 15 is 0 Å². The van der Waals surface area contributed by atoms with Gasteiger partial charge in [-0.15, -0.1) is 0 Å². The Morgan fingerprint density at radius 3 is 2.25 bits per heavy atom. The van der Waals surface area contributed by atoms with E-state index in [2.05, 4.69) is 29.7 Å². The van der Waals surface area contributed by atoms with Crippen LogP contribution < -0.4 is 20.3 Å². The lowest BCUT2D eigenvalue weighted by atomic mass is 9.96. The average molecular weight is 385 g/mol. The van der Waals surface area contributed by atoms with Crippen molar-refractivity contribution in [2.75, 3.05) is 39.1 Å². The highest BCUT2D eigenvalue weighted by Crippen LogP contribution is 2.17. The van der Waals surface area contributed by atoms with Crippen LogP contribution in [-0.2, 0) is 9.59 Å². The molecule has 2 aromatic rings. The Morgan fingerprint density at radius 2 is 1.64 bits per heavy atom. The van der Waals surface area contributed by atoms with E-state index in [-0.39, 0.29) is 24.9 Å². The van der Waals surface area contributed by atoms with Crippen molar-refractivity contribution in [3.05, 3.63) is 60.2 Å². The summed E-state index contributed by atoms with van der Waals surface area (Å²) in [6.45, 7) is 3.19. The van der Waals surface area contributed by atoms with Crippen LogP contribution in [0.15, 0.2) is 54.6 Å². The third kappa shape index (κ3) is 7.04. The second-order valence-electron chi connectivity index (χ2n) is 6.91. The topological polar surface area (TPSA) is 71.9 Å². The maximum Gasteiger partial charge on any atom is 0.279 e. The molecule has 28 heavy (non-hydrogen) atoms. The lowest BCUT2D eigenvalue weighted by Gasteiger charge is -2.18. The number of carbonyl (C=O) groups excluding carboxylic acids is 2. The van der Waals surface area contributed by atoms with Crippen LogP contribution >= 0.6 is 0 Å². The highest BCUT2D eigenvalue weighted by molar-refractivity contribution is 5.91. The van der Waals surface area contributed by atoms with Crippen LogP contribution in [0.25, 0.3) is 0 Å². The van der Waals surface area contributed by atoms with Gasteiger partial charge in [0.1, 0.15) is 5.75 Å². The van der Waals surface area contributed by atoms with E-state index in [4.69, 9.17) is 4.74 Å². The van der Waals surface area contributed by atoms with Crippen molar-refractivity contribution in [3.8, 4) is 5.75 Å². The first-order valence-electron chi connectivity index (χ1n) is 9.58. The molecule has 2 aromatic carbocycles. The fourth-order valence-electron chi connectivity index (χ4n) is 3.01. The summed E-state index contributed by atoms with van der Waals surface area (Å²) >= 11 is 0. The minimum atomic E-state index is -0.133. The lowest BCUT2D eigenvalue weighted by molar-refractivity contribution is -0.862. The van der Waals surface area contributed by atoms with Crippen molar-refractivity contribution in [1.82, 2.24) is 5.32 Å². The Labute approximate surface area is 166 Å². The molecule has 0 fully saturated rings. The predicted molar refractivity (Wildman–Crippen MR) is 111 cm³/mol. The van der Waals surface area contributed by atoms with Gasteiger partial charge in [-0.2, -0.15) is 0 Å². The minimum Gasteiger partial charge on any atom is -0.497 e. The normalized spacial score (nSPS) is 12.7. The quantitative estimate of drug-likeness (QED) is 0.581. The highest BCUT2D eigenvalue weighted by atomic mass is 16.5. The summed E-state index contributed by atoms with van der Waals surface area (Å²) in [5.74, 6) is 0.845. The zero-order valence-electron chi connectivity index (χ0n) is 16.8. The third-order valence-electron chi connectivity index (χ3n) is 4.61. The molecule has 2 atom stereocenters. The Morgan fingerprint density at radius 1 is 1.00 bits per heavy atom. The van der Waals surface area contributed by atoms with Gasteiger partial charge < -0.3 is 20.3 Å². The maximum atomic E-state index is 12.2. The smallest absolute Gasteiger partial charge is 0.279 e. The monoisotopic (exact) mass is 384 g/mol. The largest absolute Gasteiger partial charge is 0.497 e. The molecular weight excluding hydrogens is 354 g/mol. The number of likely N-dealkylation sites (N-methyl/N-ethyl adjacent to an activating group) is 1. The number of anilines is 1. The summed E-state index contributed by atoms with van der Waals surface area (Å²) in [5, 5.41) is 5.82. The summed E-state index contributed by atoms with van der Waals surface area (Å²) in [5.41, 5.74) is 1.93.